The van der Waals surface area contributed by atoms with Crippen LogP contribution in [0.15, 0.2) is 47.8 Å². The third-order valence-electron chi connectivity index (χ3n) is 5.22. The smallest absolute Gasteiger partial charge is 0.416 e. The number of alkyl halides is 3. The lowest BCUT2D eigenvalue weighted by atomic mass is 9.79. The molecule has 0 radical (unpaired) electrons. The van der Waals surface area contributed by atoms with Crippen LogP contribution in [0, 0.1) is 0 Å². The van der Waals surface area contributed by atoms with Crippen LogP contribution >= 0.6 is 0 Å². The summed E-state index contributed by atoms with van der Waals surface area (Å²) in [6.45, 7) is 7.18. The van der Waals surface area contributed by atoms with Crippen molar-refractivity contribution in [2.75, 3.05) is 11.9 Å². The van der Waals surface area contributed by atoms with Crippen LogP contribution in [0.1, 0.15) is 56.7 Å². The van der Waals surface area contributed by atoms with E-state index in [1.165, 1.54) is 24.4 Å². The number of esters is 1. The van der Waals surface area contributed by atoms with Gasteiger partial charge in [0.05, 0.1) is 29.8 Å². The Balaban J connectivity index is 2.31. The third kappa shape index (κ3) is 4.52. The van der Waals surface area contributed by atoms with Gasteiger partial charge >= 0.3 is 12.1 Å². The second-order valence-electron chi connectivity index (χ2n) is 7.32. The Hall–Kier alpha value is -3.03. The Morgan fingerprint density at radius 2 is 1.94 bits per heavy atom. The summed E-state index contributed by atoms with van der Waals surface area (Å²) in [5, 5.41) is 3.12. The van der Waals surface area contributed by atoms with Crippen LogP contribution < -0.4 is 10.1 Å². The number of pyridine rings is 1. The lowest BCUT2D eigenvalue weighted by molar-refractivity contribution is -0.140. The number of nitrogens with one attached hydrogen (secondary N) is 1. The highest BCUT2D eigenvalue weighted by Crippen LogP contribution is 2.48. The maximum Gasteiger partial charge on any atom is 0.416 e. The summed E-state index contributed by atoms with van der Waals surface area (Å²) in [5.41, 5.74) is 0.582. The first-order chi connectivity index (χ1) is 14.7. The van der Waals surface area contributed by atoms with E-state index in [0.717, 1.165) is 6.07 Å². The number of rotatable bonds is 6. The number of carbonyl (C=O) groups is 1. The number of carbonyl (C=O) groups excluding carboxylic acids is 1. The molecule has 3 rings (SSSR count). The van der Waals surface area contributed by atoms with Crippen molar-refractivity contribution >= 4 is 11.7 Å². The van der Waals surface area contributed by atoms with Crippen LogP contribution in [0.4, 0.5) is 18.9 Å². The number of hydrogen-bond donors (Lipinski definition) is 1. The van der Waals surface area contributed by atoms with E-state index in [0.29, 0.717) is 23.4 Å². The summed E-state index contributed by atoms with van der Waals surface area (Å²) >= 11 is 0. The number of anilines is 1. The van der Waals surface area contributed by atoms with Crippen LogP contribution in [0.2, 0.25) is 0 Å². The number of allylic oxidation sites excluding steroid dienone is 1. The van der Waals surface area contributed by atoms with Crippen molar-refractivity contribution in [3.8, 4) is 5.88 Å². The van der Waals surface area contributed by atoms with E-state index in [1.54, 1.807) is 19.9 Å². The summed E-state index contributed by atoms with van der Waals surface area (Å²) in [6.07, 6.45) is -2.60. The van der Waals surface area contributed by atoms with E-state index < -0.39 is 23.6 Å². The number of nitrogens with zero attached hydrogens (tertiary/aromatic N) is 1. The number of halogens is 3. The number of benzene rings is 1. The number of fused-ring (bicyclic) bond motifs is 1. The van der Waals surface area contributed by atoms with Crippen LogP contribution in [0.25, 0.3) is 0 Å². The van der Waals surface area contributed by atoms with Gasteiger partial charge in [0, 0.05) is 23.1 Å². The fraction of sp³-hybridized carbons (Fsp3) is 0.391. The van der Waals surface area contributed by atoms with Crippen molar-refractivity contribution in [3.63, 3.8) is 0 Å². The SMILES string of the molecule is CCOC(=O)C1=C(C)Nc2ccnc(OC(C)CC)c2C1c1ccccc1C(F)(F)F. The van der Waals surface area contributed by atoms with E-state index in [9.17, 15) is 18.0 Å². The van der Waals surface area contributed by atoms with Crippen molar-refractivity contribution in [2.24, 2.45) is 0 Å². The zero-order valence-electron chi connectivity index (χ0n) is 17.8. The molecule has 0 fully saturated rings. The molecular weight excluding hydrogens is 409 g/mol. The fourth-order valence-corrected chi connectivity index (χ4v) is 3.64. The minimum absolute atomic E-state index is 0.0536. The Kier molecular flexibility index (Phi) is 6.57. The molecule has 166 valence electrons. The molecule has 0 spiro atoms. The Morgan fingerprint density at radius 3 is 2.58 bits per heavy atom. The molecule has 1 aromatic carbocycles. The summed E-state index contributed by atoms with van der Waals surface area (Å²) in [7, 11) is 0. The molecule has 2 aromatic rings. The molecule has 0 aliphatic carbocycles. The molecule has 2 heterocycles. The largest absolute Gasteiger partial charge is 0.474 e. The van der Waals surface area contributed by atoms with E-state index in [1.807, 2.05) is 13.8 Å². The average molecular weight is 434 g/mol. The van der Waals surface area contributed by atoms with Gasteiger partial charge in [0.15, 0.2) is 0 Å². The van der Waals surface area contributed by atoms with Crippen molar-refractivity contribution < 1.29 is 27.4 Å². The van der Waals surface area contributed by atoms with Gasteiger partial charge in [-0.2, -0.15) is 13.2 Å². The fourth-order valence-electron chi connectivity index (χ4n) is 3.64. The van der Waals surface area contributed by atoms with Gasteiger partial charge < -0.3 is 14.8 Å². The Labute approximate surface area is 179 Å². The third-order valence-corrected chi connectivity index (χ3v) is 5.22. The van der Waals surface area contributed by atoms with Gasteiger partial charge in [-0.15, -0.1) is 0 Å². The van der Waals surface area contributed by atoms with E-state index in [4.69, 9.17) is 9.47 Å². The van der Waals surface area contributed by atoms with Gasteiger partial charge in [-0.1, -0.05) is 25.1 Å². The van der Waals surface area contributed by atoms with Gasteiger partial charge in [-0.25, -0.2) is 9.78 Å². The highest BCUT2D eigenvalue weighted by molar-refractivity contribution is 5.95. The van der Waals surface area contributed by atoms with Crippen molar-refractivity contribution in [1.82, 2.24) is 4.98 Å². The van der Waals surface area contributed by atoms with Gasteiger partial charge in [0.1, 0.15) is 0 Å². The molecule has 0 amide bonds. The predicted octanol–water partition coefficient (Wildman–Crippen LogP) is 5.67. The highest BCUT2D eigenvalue weighted by atomic mass is 19.4. The lowest BCUT2D eigenvalue weighted by Gasteiger charge is -2.32. The topological polar surface area (TPSA) is 60.5 Å². The second-order valence-corrected chi connectivity index (χ2v) is 7.32. The maximum absolute atomic E-state index is 13.9. The zero-order valence-corrected chi connectivity index (χ0v) is 17.8. The standard InChI is InChI=1S/C23H25F3N2O3/c1-5-13(3)31-21-20-17(11-12-27-21)28-14(4)18(22(29)30-6-2)19(20)15-9-7-8-10-16(15)23(24,25)26/h7-13,19,28H,5-6H2,1-4H3. The molecule has 1 aromatic heterocycles. The molecular formula is C23H25F3N2O3. The second kappa shape index (κ2) is 8.99. The molecule has 0 bridgehead atoms. The summed E-state index contributed by atoms with van der Waals surface area (Å²) in [5.74, 6) is -1.55. The van der Waals surface area contributed by atoms with Crippen molar-refractivity contribution in [1.29, 1.82) is 0 Å². The van der Waals surface area contributed by atoms with Gasteiger partial charge in [0.2, 0.25) is 5.88 Å². The molecule has 8 heteroatoms. The summed E-state index contributed by atoms with van der Waals surface area (Å²) < 4.78 is 52.9. The minimum Gasteiger partial charge on any atom is -0.474 e. The quantitative estimate of drug-likeness (QED) is 0.594. The van der Waals surface area contributed by atoms with Crippen molar-refractivity contribution in [2.45, 2.75) is 52.3 Å². The predicted molar refractivity (Wildman–Crippen MR) is 111 cm³/mol. The van der Waals surface area contributed by atoms with Gasteiger partial charge in [0.25, 0.3) is 0 Å². The van der Waals surface area contributed by atoms with E-state index in [2.05, 4.69) is 10.3 Å². The molecule has 1 N–H and O–H groups in total. The van der Waals surface area contributed by atoms with Gasteiger partial charge in [-0.3, -0.25) is 0 Å². The Morgan fingerprint density at radius 1 is 1.23 bits per heavy atom. The van der Waals surface area contributed by atoms with Crippen molar-refractivity contribution in [3.05, 3.63) is 64.5 Å². The number of aromatic nitrogens is 1. The van der Waals surface area contributed by atoms with Crippen LogP contribution in [0.5, 0.6) is 5.88 Å². The van der Waals surface area contributed by atoms with Crippen LogP contribution in [0.3, 0.4) is 0 Å². The van der Waals surface area contributed by atoms with E-state index >= 15 is 0 Å². The van der Waals surface area contributed by atoms with Gasteiger partial charge in [-0.05, 0) is 44.9 Å². The average Bonchev–Trinajstić information content (AvgIpc) is 2.72. The first-order valence-corrected chi connectivity index (χ1v) is 10.2. The van der Waals surface area contributed by atoms with Crippen LogP contribution in [-0.2, 0) is 15.7 Å². The molecule has 1 aliphatic rings. The van der Waals surface area contributed by atoms with Crippen LogP contribution in [-0.4, -0.2) is 23.7 Å². The first-order valence-electron chi connectivity index (χ1n) is 10.2. The molecule has 0 saturated heterocycles. The number of hydrogen-bond acceptors (Lipinski definition) is 5. The normalized spacial score (nSPS) is 16.9. The zero-order chi connectivity index (χ0) is 22.8. The molecule has 2 unspecified atom stereocenters. The summed E-state index contributed by atoms with van der Waals surface area (Å²) in [6, 6.07) is 6.91. The molecule has 1 aliphatic heterocycles. The highest BCUT2D eigenvalue weighted by Gasteiger charge is 2.42. The Bertz CT molecular complexity index is 1000. The molecule has 5 nitrogen and oxygen atoms in total. The first kappa shape index (κ1) is 22.7. The minimum atomic E-state index is -4.60. The lowest BCUT2D eigenvalue weighted by Crippen LogP contribution is -2.27. The molecule has 2 atom stereocenters. The summed E-state index contributed by atoms with van der Waals surface area (Å²) in [4.78, 5) is 17.2. The number of ether oxygens (including phenoxy) is 2. The molecule has 31 heavy (non-hydrogen) atoms. The monoisotopic (exact) mass is 434 g/mol. The van der Waals surface area contributed by atoms with E-state index in [-0.39, 0.29) is 29.7 Å². The molecule has 0 saturated carbocycles. The maximum atomic E-state index is 13.9.